The highest BCUT2D eigenvalue weighted by molar-refractivity contribution is 5.78. The lowest BCUT2D eigenvalue weighted by atomic mass is 10.1. The van der Waals surface area contributed by atoms with E-state index in [0.717, 1.165) is 37.8 Å². The molecule has 1 aromatic carbocycles. The number of hydrogen-bond acceptors (Lipinski definition) is 7. The molecule has 1 aliphatic heterocycles. The number of para-hydroxylation sites is 2. The molecule has 1 atom stereocenters. The van der Waals surface area contributed by atoms with Crippen molar-refractivity contribution in [1.29, 1.82) is 0 Å². The van der Waals surface area contributed by atoms with Gasteiger partial charge in [-0.2, -0.15) is 0 Å². The summed E-state index contributed by atoms with van der Waals surface area (Å²) in [5, 5.41) is 18.7. The number of aliphatic hydroxyl groups is 2. The van der Waals surface area contributed by atoms with E-state index < -0.39 is 6.10 Å². The van der Waals surface area contributed by atoms with E-state index in [2.05, 4.69) is 9.88 Å². The van der Waals surface area contributed by atoms with E-state index in [9.17, 15) is 9.90 Å². The summed E-state index contributed by atoms with van der Waals surface area (Å²) in [6.07, 6.45) is 4.75. The molecule has 1 unspecified atom stereocenters. The maximum Gasteiger partial charge on any atom is 0.236 e. The lowest BCUT2D eigenvalue weighted by molar-refractivity contribution is -0.132. The second-order valence-corrected chi connectivity index (χ2v) is 8.10. The minimum absolute atomic E-state index is 0.0984. The summed E-state index contributed by atoms with van der Waals surface area (Å²) < 4.78 is 12.1. The van der Waals surface area contributed by atoms with Crippen LogP contribution in [-0.2, 0) is 11.3 Å². The van der Waals surface area contributed by atoms with Crippen molar-refractivity contribution in [2.24, 2.45) is 0 Å². The Morgan fingerprint density at radius 3 is 2.75 bits per heavy atom. The SMILES string of the molecule is CN(CC(O)CO)C(=O)CN1CCCCCCOc2ccccc2Oc2ncccc2C1. The number of carbonyl (C=O) groups excluding carboxylic acids is 1. The minimum Gasteiger partial charge on any atom is -0.490 e. The molecule has 8 nitrogen and oxygen atoms in total. The molecule has 0 fully saturated rings. The third-order valence-corrected chi connectivity index (χ3v) is 5.41. The van der Waals surface area contributed by atoms with Gasteiger partial charge in [-0.1, -0.05) is 31.0 Å². The number of ether oxygens (including phenoxy) is 2. The summed E-state index contributed by atoms with van der Waals surface area (Å²) >= 11 is 0. The standard InChI is InChI=1S/C24H33N3O5/c1-26(16-20(29)18-28)23(30)17-27-13-6-2-3-7-14-31-21-10-4-5-11-22(21)32-24-19(15-27)9-8-12-25-24/h4-5,8-12,20,28-29H,2-3,6-7,13-18H2,1H3. The number of hydrogen-bond donors (Lipinski definition) is 2. The highest BCUT2D eigenvalue weighted by Crippen LogP contribution is 2.32. The molecule has 0 spiro atoms. The molecule has 2 N–H and O–H groups in total. The van der Waals surface area contributed by atoms with Crippen LogP contribution < -0.4 is 9.47 Å². The molecule has 1 aliphatic rings. The van der Waals surface area contributed by atoms with Gasteiger partial charge in [0.1, 0.15) is 0 Å². The molecule has 1 aromatic heterocycles. The Morgan fingerprint density at radius 2 is 1.94 bits per heavy atom. The van der Waals surface area contributed by atoms with Gasteiger partial charge in [-0.05, 0) is 37.6 Å². The summed E-state index contributed by atoms with van der Waals surface area (Å²) in [4.78, 5) is 20.7. The molecule has 3 rings (SSSR count). The average Bonchev–Trinajstić information content (AvgIpc) is 2.79. The number of rotatable bonds is 5. The highest BCUT2D eigenvalue weighted by Gasteiger charge is 2.19. The molecule has 0 radical (unpaired) electrons. The van der Waals surface area contributed by atoms with Crippen molar-refractivity contribution in [2.75, 3.05) is 39.9 Å². The predicted molar refractivity (Wildman–Crippen MR) is 121 cm³/mol. The van der Waals surface area contributed by atoms with Crippen molar-refractivity contribution in [2.45, 2.75) is 38.3 Å². The van der Waals surface area contributed by atoms with Gasteiger partial charge >= 0.3 is 0 Å². The lowest BCUT2D eigenvalue weighted by Crippen LogP contribution is -2.42. The molecule has 2 aromatic rings. The first kappa shape index (κ1) is 24.0. The van der Waals surface area contributed by atoms with Crippen molar-refractivity contribution < 1.29 is 24.5 Å². The van der Waals surface area contributed by atoms with Gasteiger partial charge in [0.2, 0.25) is 11.8 Å². The first-order valence-electron chi connectivity index (χ1n) is 11.2. The molecule has 32 heavy (non-hydrogen) atoms. The normalized spacial score (nSPS) is 16.5. The van der Waals surface area contributed by atoms with Crippen molar-refractivity contribution in [3.8, 4) is 17.4 Å². The van der Waals surface area contributed by atoms with Crippen molar-refractivity contribution in [3.05, 3.63) is 48.2 Å². The zero-order valence-electron chi connectivity index (χ0n) is 18.7. The Balaban J connectivity index is 1.79. The van der Waals surface area contributed by atoms with Crippen molar-refractivity contribution >= 4 is 5.91 Å². The van der Waals surface area contributed by atoms with Gasteiger partial charge in [0, 0.05) is 31.9 Å². The van der Waals surface area contributed by atoms with Crippen LogP contribution in [0.25, 0.3) is 0 Å². The van der Waals surface area contributed by atoms with Gasteiger partial charge in [-0.15, -0.1) is 0 Å². The number of fused-ring (bicyclic) bond motifs is 2. The van der Waals surface area contributed by atoms with Crippen LogP contribution in [-0.4, -0.2) is 76.9 Å². The van der Waals surface area contributed by atoms with E-state index >= 15 is 0 Å². The zero-order valence-corrected chi connectivity index (χ0v) is 18.7. The Kier molecular flexibility index (Phi) is 9.27. The number of likely N-dealkylation sites (N-methyl/N-ethyl adjacent to an activating group) is 1. The van der Waals surface area contributed by atoms with Crippen LogP contribution >= 0.6 is 0 Å². The molecule has 1 amide bonds. The molecule has 8 heteroatoms. The van der Waals surface area contributed by atoms with Gasteiger partial charge in [0.15, 0.2) is 11.5 Å². The van der Waals surface area contributed by atoms with Gasteiger partial charge in [-0.25, -0.2) is 4.98 Å². The third-order valence-electron chi connectivity index (χ3n) is 5.41. The number of carbonyl (C=O) groups is 1. The van der Waals surface area contributed by atoms with Crippen LogP contribution in [0, 0.1) is 0 Å². The quantitative estimate of drug-likeness (QED) is 0.733. The number of aromatic nitrogens is 1. The zero-order chi connectivity index (χ0) is 22.8. The molecule has 0 aliphatic carbocycles. The summed E-state index contributed by atoms with van der Waals surface area (Å²) in [5.74, 6) is 1.69. The average molecular weight is 444 g/mol. The fourth-order valence-corrected chi connectivity index (χ4v) is 3.61. The van der Waals surface area contributed by atoms with Crippen LogP contribution in [0.5, 0.6) is 17.4 Å². The van der Waals surface area contributed by atoms with Crippen LogP contribution in [0.2, 0.25) is 0 Å². The highest BCUT2D eigenvalue weighted by atomic mass is 16.5. The number of aliphatic hydroxyl groups excluding tert-OH is 2. The van der Waals surface area contributed by atoms with E-state index in [4.69, 9.17) is 14.6 Å². The number of amides is 1. The number of nitrogens with zero attached hydrogens (tertiary/aromatic N) is 3. The molecule has 0 saturated heterocycles. The van der Waals surface area contributed by atoms with Gasteiger partial charge in [-0.3, -0.25) is 9.69 Å². The van der Waals surface area contributed by atoms with Crippen LogP contribution in [0.15, 0.2) is 42.6 Å². The molecule has 174 valence electrons. The minimum atomic E-state index is -0.941. The number of pyridine rings is 1. The largest absolute Gasteiger partial charge is 0.490 e. The predicted octanol–water partition coefficient (Wildman–Crippen LogP) is 2.44. The topological polar surface area (TPSA) is 95.4 Å². The lowest BCUT2D eigenvalue weighted by Gasteiger charge is -2.26. The van der Waals surface area contributed by atoms with E-state index in [1.807, 2.05) is 36.4 Å². The Hall–Kier alpha value is -2.68. The maximum atomic E-state index is 12.7. The fourth-order valence-electron chi connectivity index (χ4n) is 3.61. The second-order valence-electron chi connectivity index (χ2n) is 8.10. The van der Waals surface area contributed by atoms with Crippen LogP contribution in [0.4, 0.5) is 0 Å². The Labute approximate surface area is 189 Å². The fraction of sp³-hybridized carbons (Fsp3) is 0.500. The maximum absolute atomic E-state index is 12.7. The van der Waals surface area contributed by atoms with E-state index in [1.165, 1.54) is 4.90 Å². The van der Waals surface area contributed by atoms with E-state index in [-0.39, 0.29) is 25.6 Å². The summed E-state index contributed by atoms with van der Waals surface area (Å²) in [6.45, 7) is 1.82. The van der Waals surface area contributed by atoms with Crippen molar-refractivity contribution in [1.82, 2.24) is 14.8 Å². The van der Waals surface area contributed by atoms with Gasteiger partial charge < -0.3 is 24.6 Å². The Morgan fingerprint density at radius 1 is 1.16 bits per heavy atom. The molecule has 2 heterocycles. The third kappa shape index (κ3) is 7.19. The second kappa shape index (κ2) is 12.4. The van der Waals surface area contributed by atoms with Gasteiger partial charge in [0.25, 0.3) is 0 Å². The van der Waals surface area contributed by atoms with E-state index in [0.29, 0.717) is 30.5 Å². The first-order chi connectivity index (χ1) is 15.6. The number of benzene rings is 1. The molecular formula is C24H33N3O5. The van der Waals surface area contributed by atoms with Gasteiger partial charge in [0.05, 0.1) is 25.9 Å². The monoisotopic (exact) mass is 443 g/mol. The molecule has 0 bridgehead atoms. The Bertz CT molecular complexity index is 863. The summed E-state index contributed by atoms with van der Waals surface area (Å²) in [7, 11) is 1.64. The van der Waals surface area contributed by atoms with Crippen LogP contribution in [0.3, 0.4) is 0 Å². The molecular weight excluding hydrogens is 410 g/mol. The smallest absolute Gasteiger partial charge is 0.236 e. The first-order valence-corrected chi connectivity index (χ1v) is 11.2. The van der Waals surface area contributed by atoms with Crippen molar-refractivity contribution in [3.63, 3.8) is 0 Å². The van der Waals surface area contributed by atoms with Crippen LogP contribution in [0.1, 0.15) is 31.2 Å². The summed E-state index contributed by atoms with van der Waals surface area (Å²) in [6, 6.07) is 11.4. The van der Waals surface area contributed by atoms with E-state index in [1.54, 1.807) is 13.2 Å². The summed E-state index contributed by atoms with van der Waals surface area (Å²) in [5.41, 5.74) is 0.880. The molecule has 0 saturated carbocycles.